The lowest BCUT2D eigenvalue weighted by Gasteiger charge is -2.44. The predicted molar refractivity (Wildman–Crippen MR) is 167 cm³/mol. The van der Waals surface area contributed by atoms with Crippen molar-refractivity contribution in [2.24, 2.45) is 5.50 Å². The summed E-state index contributed by atoms with van der Waals surface area (Å²) in [5, 5.41) is 2.21. The first-order valence-corrected chi connectivity index (χ1v) is 15.9. The quantitative estimate of drug-likeness (QED) is 0.187. The molecular weight excluding hydrogens is 515 g/mol. The SMILES string of the molecule is CC.CCCN(CCC)P(N)OCCC1Oc2c(ccc3ccccc23)C(c2ccccc2)(c2ccccc2)O1. The maximum absolute atomic E-state index is 7.01. The van der Waals surface area contributed by atoms with Crippen LogP contribution < -0.4 is 10.2 Å². The summed E-state index contributed by atoms with van der Waals surface area (Å²) in [6.07, 6.45) is 2.15. The Balaban J connectivity index is 0.00000181. The first-order valence-electron chi connectivity index (χ1n) is 14.6. The zero-order valence-corrected chi connectivity index (χ0v) is 25.1. The second kappa shape index (κ2) is 14.7. The van der Waals surface area contributed by atoms with Gasteiger partial charge < -0.3 is 14.0 Å². The third-order valence-electron chi connectivity index (χ3n) is 7.00. The summed E-state index contributed by atoms with van der Waals surface area (Å²) in [6, 6.07) is 33.6. The normalized spacial score (nSPS) is 16.5. The molecule has 0 amide bonds. The Morgan fingerprint density at radius 1 is 0.800 bits per heavy atom. The van der Waals surface area contributed by atoms with Gasteiger partial charge in [-0.1, -0.05) is 125 Å². The summed E-state index contributed by atoms with van der Waals surface area (Å²) < 4.78 is 22.1. The Labute approximate surface area is 241 Å². The fourth-order valence-electron chi connectivity index (χ4n) is 5.29. The smallest absolute Gasteiger partial charge is 0.203 e. The third kappa shape index (κ3) is 6.40. The number of fused-ring (bicyclic) bond motifs is 3. The summed E-state index contributed by atoms with van der Waals surface area (Å²) in [5.41, 5.74) is 8.79. The van der Waals surface area contributed by atoms with E-state index in [0.717, 1.165) is 59.1 Å². The minimum absolute atomic E-state index is 0.455. The van der Waals surface area contributed by atoms with Gasteiger partial charge in [0.2, 0.25) is 6.29 Å². The highest BCUT2D eigenvalue weighted by atomic mass is 31.2. The molecular formula is C34H43N2O3P. The highest BCUT2D eigenvalue weighted by molar-refractivity contribution is 7.47. The van der Waals surface area contributed by atoms with Crippen molar-refractivity contribution in [2.45, 2.75) is 58.8 Å². The molecule has 4 aromatic carbocycles. The second-order valence-electron chi connectivity index (χ2n) is 9.62. The molecule has 1 aliphatic heterocycles. The van der Waals surface area contributed by atoms with E-state index in [1.165, 1.54) is 0 Å². The molecule has 0 aliphatic carbocycles. The molecule has 40 heavy (non-hydrogen) atoms. The van der Waals surface area contributed by atoms with Crippen molar-refractivity contribution < 1.29 is 14.0 Å². The van der Waals surface area contributed by atoms with Gasteiger partial charge >= 0.3 is 0 Å². The average molecular weight is 559 g/mol. The maximum atomic E-state index is 7.01. The molecule has 5 rings (SSSR count). The minimum Gasteiger partial charge on any atom is -0.464 e. The van der Waals surface area contributed by atoms with E-state index in [0.29, 0.717) is 13.0 Å². The van der Waals surface area contributed by atoms with E-state index in [9.17, 15) is 0 Å². The van der Waals surface area contributed by atoms with Crippen LogP contribution in [0, 0.1) is 0 Å². The number of nitrogens with zero attached hydrogens (tertiary/aromatic N) is 1. The molecule has 0 fully saturated rings. The van der Waals surface area contributed by atoms with Crippen molar-refractivity contribution >= 4 is 19.2 Å². The molecule has 1 aliphatic rings. The number of nitrogens with two attached hydrogens (primary N) is 1. The van der Waals surface area contributed by atoms with E-state index in [2.05, 4.69) is 103 Å². The van der Waals surface area contributed by atoms with Crippen molar-refractivity contribution in [1.29, 1.82) is 0 Å². The number of hydrogen-bond donors (Lipinski definition) is 1. The topological polar surface area (TPSA) is 57.0 Å². The van der Waals surface area contributed by atoms with Gasteiger partial charge in [-0.2, -0.15) is 0 Å². The predicted octanol–water partition coefficient (Wildman–Crippen LogP) is 8.61. The van der Waals surface area contributed by atoms with Crippen molar-refractivity contribution in [1.82, 2.24) is 4.67 Å². The van der Waals surface area contributed by atoms with Gasteiger partial charge in [0.05, 0.1) is 6.61 Å². The third-order valence-corrected chi connectivity index (χ3v) is 8.40. The zero-order valence-electron chi connectivity index (χ0n) is 24.3. The van der Waals surface area contributed by atoms with Crippen LogP contribution in [0.1, 0.15) is 63.6 Å². The standard InChI is InChI=1S/C32H37N2O3P.C2H6/c1-3-22-34(23-4-2)38(33)35-24-21-30-36-31-28-18-12-11-13-25(28)19-20-29(31)32(37-30,26-14-7-5-8-15-26)27-16-9-6-10-17-27;1-2/h5-20,30H,3-4,21-24,33H2,1-2H3;1-2H3. The fraction of sp³-hybridized carbons (Fsp3) is 0.353. The van der Waals surface area contributed by atoms with E-state index in [-0.39, 0.29) is 0 Å². The van der Waals surface area contributed by atoms with Gasteiger partial charge in [-0.15, -0.1) is 0 Å². The van der Waals surface area contributed by atoms with Crippen LogP contribution in [0.3, 0.4) is 0 Å². The largest absolute Gasteiger partial charge is 0.464 e. The van der Waals surface area contributed by atoms with Gasteiger partial charge in [-0.3, -0.25) is 5.50 Å². The molecule has 1 heterocycles. The van der Waals surface area contributed by atoms with Crippen LogP contribution in [0.2, 0.25) is 0 Å². The van der Waals surface area contributed by atoms with E-state index >= 15 is 0 Å². The molecule has 2 unspecified atom stereocenters. The van der Waals surface area contributed by atoms with Gasteiger partial charge in [0.25, 0.3) is 0 Å². The maximum Gasteiger partial charge on any atom is 0.203 e. The van der Waals surface area contributed by atoms with Crippen LogP contribution in [0.25, 0.3) is 10.8 Å². The first kappa shape index (κ1) is 30.2. The van der Waals surface area contributed by atoms with Gasteiger partial charge in [0, 0.05) is 30.5 Å². The van der Waals surface area contributed by atoms with E-state index in [4.69, 9.17) is 19.5 Å². The van der Waals surface area contributed by atoms with E-state index in [1.54, 1.807) is 0 Å². The molecule has 6 heteroatoms. The van der Waals surface area contributed by atoms with Crippen molar-refractivity contribution in [3.05, 3.63) is 114 Å². The molecule has 5 nitrogen and oxygen atoms in total. The fourth-order valence-corrected chi connectivity index (χ4v) is 6.54. The molecule has 2 N–H and O–H groups in total. The van der Waals surface area contributed by atoms with Gasteiger partial charge in [0.1, 0.15) is 5.75 Å². The molecule has 0 saturated heterocycles. The van der Waals surface area contributed by atoms with Crippen LogP contribution >= 0.6 is 8.45 Å². The Hall–Kier alpha value is -2.79. The Morgan fingerprint density at radius 3 is 1.98 bits per heavy atom. The summed E-state index contributed by atoms with van der Waals surface area (Å²) in [5.74, 6) is 0.862. The number of benzene rings is 4. The summed E-state index contributed by atoms with van der Waals surface area (Å²) in [4.78, 5) is 0. The van der Waals surface area contributed by atoms with Crippen LogP contribution in [-0.4, -0.2) is 30.7 Å². The Bertz CT molecular complexity index is 1270. The summed E-state index contributed by atoms with van der Waals surface area (Å²) >= 11 is 0. The van der Waals surface area contributed by atoms with E-state index in [1.807, 2.05) is 26.0 Å². The molecule has 212 valence electrons. The number of ether oxygens (including phenoxy) is 2. The lowest BCUT2D eigenvalue weighted by atomic mass is 9.78. The van der Waals surface area contributed by atoms with Gasteiger partial charge in [0.15, 0.2) is 14.1 Å². The first-order chi connectivity index (χ1) is 19.7. The average Bonchev–Trinajstić information content (AvgIpc) is 3.02. The number of rotatable bonds is 11. The summed E-state index contributed by atoms with van der Waals surface area (Å²) in [6.45, 7) is 10.7. The van der Waals surface area contributed by atoms with E-state index < -0.39 is 20.3 Å². The molecule has 4 aromatic rings. The lowest BCUT2D eigenvalue weighted by Crippen LogP contribution is -2.43. The molecule has 0 saturated carbocycles. The summed E-state index contributed by atoms with van der Waals surface area (Å²) in [7, 11) is -1.15. The minimum atomic E-state index is -1.15. The molecule has 0 radical (unpaired) electrons. The van der Waals surface area contributed by atoms with Crippen molar-refractivity contribution in [3.8, 4) is 5.75 Å². The van der Waals surface area contributed by atoms with Crippen LogP contribution in [-0.2, 0) is 14.9 Å². The van der Waals surface area contributed by atoms with Gasteiger partial charge in [-0.05, 0) is 29.4 Å². The highest BCUT2D eigenvalue weighted by Gasteiger charge is 2.46. The number of hydrogen-bond acceptors (Lipinski definition) is 5. The van der Waals surface area contributed by atoms with Gasteiger partial charge in [-0.25, -0.2) is 4.67 Å². The van der Waals surface area contributed by atoms with Crippen molar-refractivity contribution in [2.75, 3.05) is 19.7 Å². The highest BCUT2D eigenvalue weighted by Crippen LogP contribution is 2.51. The Morgan fingerprint density at radius 2 is 1.38 bits per heavy atom. The molecule has 0 aromatic heterocycles. The Kier molecular flexibility index (Phi) is 11.1. The molecule has 0 bridgehead atoms. The zero-order chi connectivity index (χ0) is 28.4. The molecule has 2 atom stereocenters. The van der Waals surface area contributed by atoms with Crippen molar-refractivity contribution in [3.63, 3.8) is 0 Å². The van der Waals surface area contributed by atoms with Crippen LogP contribution in [0.4, 0.5) is 0 Å². The van der Waals surface area contributed by atoms with Crippen LogP contribution in [0.5, 0.6) is 5.75 Å². The lowest BCUT2D eigenvalue weighted by molar-refractivity contribution is -0.167. The molecule has 0 spiro atoms. The van der Waals surface area contributed by atoms with Crippen LogP contribution in [0.15, 0.2) is 97.1 Å². The second-order valence-corrected chi connectivity index (χ2v) is 11.0. The monoisotopic (exact) mass is 558 g/mol.